The average Bonchev–Trinajstić information content (AvgIpc) is 2.29. The molecule has 0 amide bonds. The molecule has 0 bridgehead atoms. The molecular formula is C8H9N3O. The third kappa shape index (κ3) is 0.922. The van der Waals surface area contributed by atoms with Gasteiger partial charge in [-0.15, -0.1) is 0 Å². The van der Waals surface area contributed by atoms with Crippen molar-refractivity contribution in [3.63, 3.8) is 0 Å². The van der Waals surface area contributed by atoms with Gasteiger partial charge < -0.3 is 9.97 Å². The Morgan fingerprint density at radius 3 is 2.83 bits per heavy atom. The van der Waals surface area contributed by atoms with E-state index in [2.05, 4.69) is 15.0 Å². The van der Waals surface area contributed by atoms with E-state index in [4.69, 9.17) is 0 Å². The first kappa shape index (κ1) is 7.09. The van der Waals surface area contributed by atoms with Crippen LogP contribution in [0.1, 0.15) is 11.5 Å². The van der Waals surface area contributed by atoms with Crippen LogP contribution in [-0.4, -0.2) is 15.0 Å². The first-order valence-corrected chi connectivity index (χ1v) is 3.73. The number of nitrogens with zero attached hydrogens (tertiary/aromatic N) is 1. The molecule has 0 aliphatic rings. The number of hydrogen-bond donors (Lipinski definition) is 2. The summed E-state index contributed by atoms with van der Waals surface area (Å²) in [5, 5.41) is 0. The van der Waals surface area contributed by atoms with Gasteiger partial charge in [-0.25, -0.2) is 4.98 Å². The van der Waals surface area contributed by atoms with Gasteiger partial charge in [-0.1, -0.05) is 0 Å². The minimum atomic E-state index is -0.106. The largest absolute Gasteiger partial charge is 0.353 e. The van der Waals surface area contributed by atoms with E-state index in [0.717, 1.165) is 11.2 Å². The lowest BCUT2D eigenvalue weighted by Gasteiger charge is -1.90. The molecule has 0 saturated heterocycles. The molecule has 0 saturated carbocycles. The Morgan fingerprint density at radius 2 is 2.08 bits per heavy atom. The molecule has 0 radical (unpaired) electrons. The molecule has 2 aromatic heterocycles. The summed E-state index contributed by atoms with van der Waals surface area (Å²) in [6, 6.07) is 1.86. The highest BCUT2D eigenvalue weighted by atomic mass is 16.1. The van der Waals surface area contributed by atoms with E-state index in [9.17, 15) is 4.79 Å². The Labute approximate surface area is 68.7 Å². The summed E-state index contributed by atoms with van der Waals surface area (Å²) in [6.07, 6.45) is 0. The number of aromatic nitrogens is 3. The number of H-pyrrole nitrogens is 2. The molecule has 4 heteroatoms. The Kier molecular flexibility index (Phi) is 1.30. The van der Waals surface area contributed by atoms with Gasteiger partial charge in [-0.05, 0) is 19.9 Å². The van der Waals surface area contributed by atoms with Gasteiger partial charge in [-0.3, -0.25) is 4.79 Å². The number of aryl methyl sites for hydroxylation is 2. The highest BCUT2D eigenvalue weighted by molar-refractivity contribution is 5.74. The van der Waals surface area contributed by atoms with E-state index in [1.807, 2.05) is 13.0 Å². The second kappa shape index (κ2) is 2.20. The van der Waals surface area contributed by atoms with Crippen molar-refractivity contribution in [3.05, 3.63) is 27.9 Å². The van der Waals surface area contributed by atoms with Gasteiger partial charge in [0.15, 0.2) is 0 Å². The molecule has 0 spiro atoms. The van der Waals surface area contributed by atoms with Crippen molar-refractivity contribution in [3.8, 4) is 0 Å². The summed E-state index contributed by atoms with van der Waals surface area (Å²) in [5.74, 6) is 0.645. The summed E-state index contributed by atoms with van der Waals surface area (Å²) in [5.41, 5.74) is 2.13. The Bertz CT molecular complexity index is 480. The number of nitrogens with one attached hydrogen (secondary N) is 2. The highest BCUT2D eigenvalue weighted by Gasteiger charge is 2.02. The SMILES string of the molecule is Cc1cc2nc(C)[nH]c(=O)c2[nH]1. The maximum Gasteiger partial charge on any atom is 0.275 e. The van der Waals surface area contributed by atoms with Crippen LogP contribution < -0.4 is 5.56 Å². The minimum absolute atomic E-state index is 0.106. The zero-order valence-electron chi connectivity index (χ0n) is 6.93. The maximum absolute atomic E-state index is 11.3. The second-order valence-corrected chi connectivity index (χ2v) is 2.86. The predicted molar refractivity (Wildman–Crippen MR) is 46.2 cm³/mol. The van der Waals surface area contributed by atoms with Crippen LogP contribution in [-0.2, 0) is 0 Å². The number of fused-ring (bicyclic) bond motifs is 1. The van der Waals surface area contributed by atoms with Crippen molar-refractivity contribution in [1.29, 1.82) is 0 Å². The lowest BCUT2D eigenvalue weighted by molar-refractivity contribution is 1.05. The zero-order valence-corrected chi connectivity index (χ0v) is 6.93. The topological polar surface area (TPSA) is 61.5 Å². The fourth-order valence-corrected chi connectivity index (χ4v) is 1.27. The molecule has 0 fully saturated rings. The van der Waals surface area contributed by atoms with Crippen molar-refractivity contribution in [2.75, 3.05) is 0 Å². The average molecular weight is 163 g/mol. The normalized spacial score (nSPS) is 10.8. The van der Waals surface area contributed by atoms with Crippen LogP contribution in [0.4, 0.5) is 0 Å². The summed E-state index contributed by atoms with van der Waals surface area (Å²) >= 11 is 0. The van der Waals surface area contributed by atoms with Crippen LogP contribution in [0.5, 0.6) is 0 Å². The fourth-order valence-electron chi connectivity index (χ4n) is 1.27. The van der Waals surface area contributed by atoms with Crippen molar-refractivity contribution in [2.24, 2.45) is 0 Å². The van der Waals surface area contributed by atoms with E-state index in [1.165, 1.54) is 0 Å². The van der Waals surface area contributed by atoms with Crippen LogP contribution in [0.25, 0.3) is 11.0 Å². The van der Waals surface area contributed by atoms with E-state index in [0.29, 0.717) is 11.3 Å². The summed E-state index contributed by atoms with van der Waals surface area (Å²) in [7, 11) is 0. The minimum Gasteiger partial charge on any atom is -0.353 e. The monoisotopic (exact) mass is 163 g/mol. The molecule has 2 heterocycles. The number of hydrogen-bond acceptors (Lipinski definition) is 2. The van der Waals surface area contributed by atoms with Gasteiger partial charge in [0.25, 0.3) is 5.56 Å². The van der Waals surface area contributed by atoms with Crippen LogP contribution >= 0.6 is 0 Å². The van der Waals surface area contributed by atoms with Gasteiger partial charge in [0, 0.05) is 5.69 Å². The zero-order chi connectivity index (χ0) is 8.72. The molecule has 12 heavy (non-hydrogen) atoms. The molecule has 2 rings (SSSR count). The summed E-state index contributed by atoms with van der Waals surface area (Å²) in [6.45, 7) is 3.67. The molecule has 62 valence electrons. The van der Waals surface area contributed by atoms with Crippen LogP contribution in [0.2, 0.25) is 0 Å². The van der Waals surface area contributed by atoms with Gasteiger partial charge in [0.05, 0.1) is 5.52 Å². The fraction of sp³-hybridized carbons (Fsp3) is 0.250. The lowest BCUT2D eigenvalue weighted by atomic mass is 10.4. The molecule has 0 unspecified atom stereocenters. The molecule has 2 aromatic rings. The lowest BCUT2D eigenvalue weighted by Crippen LogP contribution is -2.08. The quantitative estimate of drug-likeness (QED) is 0.605. The third-order valence-corrected chi connectivity index (χ3v) is 1.74. The second-order valence-electron chi connectivity index (χ2n) is 2.86. The van der Waals surface area contributed by atoms with E-state index < -0.39 is 0 Å². The van der Waals surface area contributed by atoms with Crippen molar-refractivity contribution in [2.45, 2.75) is 13.8 Å². The molecular weight excluding hydrogens is 154 g/mol. The molecule has 0 atom stereocenters. The molecule has 0 aliphatic heterocycles. The summed E-state index contributed by atoms with van der Waals surface area (Å²) < 4.78 is 0. The Morgan fingerprint density at radius 1 is 1.33 bits per heavy atom. The van der Waals surface area contributed by atoms with Gasteiger partial charge in [0.2, 0.25) is 0 Å². The maximum atomic E-state index is 11.3. The van der Waals surface area contributed by atoms with Gasteiger partial charge >= 0.3 is 0 Å². The molecule has 4 nitrogen and oxygen atoms in total. The van der Waals surface area contributed by atoms with Crippen molar-refractivity contribution in [1.82, 2.24) is 15.0 Å². The Hall–Kier alpha value is -1.58. The Balaban J connectivity index is 2.98. The van der Waals surface area contributed by atoms with E-state index in [-0.39, 0.29) is 5.56 Å². The number of aromatic amines is 2. The highest BCUT2D eigenvalue weighted by Crippen LogP contribution is 2.06. The molecule has 0 aliphatic carbocycles. The molecule has 0 aromatic carbocycles. The van der Waals surface area contributed by atoms with Gasteiger partial charge in [0.1, 0.15) is 11.3 Å². The first-order valence-electron chi connectivity index (χ1n) is 3.73. The summed E-state index contributed by atoms with van der Waals surface area (Å²) in [4.78, 5) is 21.0. The van der Waals surface area contributed by atoms with E-state index in [1.54, 1.807) is 6.92 Å². The number of rotatable bonds is 0. The molecule has 2 N–H and O–H groups in total. The van der Waals surface area contributed by atoms with Crippen molar-refractivity contribution < 1.29 is 0 Å². The third-order valence-electron chi connectivity index (χ3n) is 1.74. The van der Waals surface area contributed by atoms with Crippen molar-refractivity contribution >= 4 is 11.0 Å². The van der Waals surface area contributed by atoms with Crippen LogP contribution in [0.15, 0.2) is 10.9 Å². The van der Waals surface area contributed by atoms with Gasteiger partial charge in [-0.2, -0.15) is 0 Å². The van der Waals surface area contributed by atoms with Crippen LogP contribution in [0, 0.1) is 13.8 Å². The van der Waals surface area contributed by atoms with E-state index >= 15 is 0 Å². The van der Waals surface area contributed by atoms with Crippen LogP contribution in [0.3, 0.4) is 0 Å². The standard InChI is InChI=1S/C8H9N3O/c1-4-3-6-7(9-4)8(12)11-5(2)10-6/h3,9H,1-2H3,(H,10,11,12). The smallest absolute Gasteiger partial charge is 0.275 e. The predicted octanol–water partition coefficient (Wildman–Crippen LogP) is 0.868. The first-order chi connectivity index (χ1) is 5.66.